The first-order chi connectivity index (χ1) is 8.83. The van der Waals surface area contributed by atoms with Gasteiger partial charge in [-0.1, -0.05) is 0 Å². The van der Waals surface area contributed by atoms with E-state index >= 15 is 0 Å². The molecule has 94 valence electrons. The number of aryl methyl sites for hydroxylation is 1. The third-order valence-electron chi connectivity index (χ3n) is 3.08. The van der Waals surface area contributed by atoms with Crippen molar-refractivity contribution in [2.24, 2.45) is 0 Å². The zero-order chi connectivity index (χ0) is 12.4. The normalized spacial score (nSPS) is 18.3. The molecule has 1 unspecified atom stereocenters. The average molecular weight is 263 g/mol. The monoisotopic (exact) mass is 263 g/mol. The van der Waals surface area contributed by atoms with Gasteiger partial charge in [-0.15, -0.1) is 16.4 Å². The molecule has 18 heavy (non-hydrogen) atoms. The summed E-state index contributed by atoms with van der Waals surface area (Å²) >= 11 is 1.77. The highest BCUT2D eigenvalue weighted by Gasteiger charge is 2.22. The van der Waals surface area contributed by atoms with Gasteiger partial charge in [-0.2, -0.15) is 0 Å². The predicted molar refractivity (Wildman–Crippen MR) is 66.0 cm³/mol. The van der Waals surface area contributed by atoms with E-state index in [0.717, 1.165) is 19.3 Å². The standard InChI is InChI=1S/C11H13N5OS/c17-11(6-16-7-12-14-15-16)13-9-2-1-3-10-8(9)4-5-18-10/h4-5,7,9H,1-3,6H2,(H,13,17). The van der Waals surface area contributed by atoms with E-state index in [1.54, 1.807) is 11.3 Å². The van der Waals surface area contributed by atoms with Gasteiger partial charge in [-0.05, 0) is 46.7 Å². The first-order valence-corrected chi connectivity index (χ1v) is 6.77. The summed E-state index contributed by atoms with van der Waals surface area (Å²) in [7, 11) is 0. The number of hydrogen-bond donors (Lipinski definition) is 1. The van der Waals surface area contributed by atoms with Gasteiger partial charge in [0.05, 0.1) is 6.04 Å². The number of tetrazole rings is 1. The number of rotatable bonds is 3. The molecule has 0 fully saturated rings. The maximum absolute atomic E-state index is 11.9. The van der Waals surface area contributed by atoms with Crippen molar-refractivity contribution in [1.82, 2.24) is 25.5 Å². The highest BCUT2D eigenvalue weighted by Crippen LogP contribution is 2.33. The molecule has 0 bridgehead atoms. The second-order valence-electron chi connectivity index (χ2n) is 4.32. The molecule has 0 saturated heterocycles. The summed E-state index contributed by atoms with van der Waals surface area (Å²) in [5, 5.41) is 15.8. The number of carbonyl (C=O) groups excluding carboxylic acids is 1. The number of carbonyl (C=O) groups is 1. The van der Waals surface area contributed by atoms with E-state index < -0.39 is 0 Å². The Bertz CT molecular complexity index is 535. The van der Waals surface area contributed by atoms with Crippen LogP contribution in [0.2, 0.25) is 0 Å². The Balaban J connectivity index is 1.66. The Kier molecular flexibility index (Phi) is 3.06. The Morgan fingerprint density at radius 1 is 1.61 bits per heavy atom. The fraction of sp³-hybridized carbons (Fsp3) is 0.455. The first kappa shape index (κ1) is 11.3. The molecule has 1 N–H and O–H groups in total. The van der Waals surface area contributed by atoms with Crippen LogP contribution in [0.3, 0.4) is 0 Å². The number of amides is 1. The zero-order valence-corrected chi connectivity index (χ0v) is 10.6. The lowest BCUT2D eigenvalue weighted by atomic mass is 9.94. The molecule has 1 atom stereocenters. The Hall–Kier alpha value is -1.76. The second kappa shape index (κ2) is 4.85. The number of thiophene rings is 1. The summed E-state index contributed by atoms with van der Waals surface area (Å²) in [6.45, 7) is 0.170. The molecular formula is C11H13N5OS. The van der Waals surface area contributed by atoms with Gasteiger partial charge in [0.2, 0.25) is 5.91 Å². The molecule has 0 radical (unpaired) electrons. The summed E-state index contributed by atoms with van der Waals surface area (Å²) in [5.41, 5.74) is 1.27. The Morgan fingerprint density at radius 2 is 2.56 bits per heavy atom. The molecule has 2 aromatic rings. The van der Waals surface area contributed by atoms with Gasteiger partial charge in [0.25, 0.3) is 0 Å². The molecule has 1 amide bonds. The maximum Gasteiger partial charge on any atom is 0.242 e. The number of nitrogens with zero attached hydrogens (tertiary/aromatic N) is 4. The van der Waals surface area contributed by atoms with Gasteiger partial charge in [0, 0.05) is 4.88 Å². The lowest BCUT2D eigenvalue weighted by molar-refractivity contribution is -0.122. The smallest absolute Gasteiger partial charge is 0.242 e. The van der Waals surface area contributed by atoms with Crippen LogP contribution in [0.1, 0.15) is 29.3 Å². The van der Waals surface area contributed by atoms with Gasteiger partial charge in [0.1, 0.15) is 12.9 Å². The van der Waals surface area contributed by atoms with Gasteiger partial charge in [-0.25, -0.2) is 4.68 Å². The molecule has 2 aromatic heterocycles. The predicted octanol–water partition coefficient (Wildman–Crippen LogP) is 0.928. The molecule has 3 rings (SSSR count). The van der Waals surface area contributed by atoms with Gasteiger partial charge >= 0.3 is 0 Å². The topological polar surface area (TPSA) is 72.7 Å². The highest BCUT2D eigenvalue weighted by molar-refractivity contribution is 7.10. The fourth-order valence-electron chi connectivity index (χ4n) is 2.28. The quantitative estimate of drug-likeness (QED) is 0.894. The summed E-state index contributed by atoms with van der Waals surface area (Å²) in [4.78, 5) is 13.3. The van der Waals surface area contributed by atoms with Gasteiger partial charge in [-0.3, -0.25) is 4.79 Å². The van der Waals surface area contributed by atoms with Crippen molar-refractivity contribution in [2.45, 2.75) is 31.8 Å². The molecule has 0 spiro atoms. The SMILES string of the molecule is O=C(Cn1cnnn1)NC1CCCc2sccc21. The first-order valence-electron chi connectivity index (χ1n) is 5.89. The van der Waals surface area contributed by atoms with Crippen LogP contribution in [0.5, 0.6) is 0 Å². The summed E-state index contributed by atoms with van der Waals surface area (Å²) < 4.78 is 1.42. The Labute approximate surface area is 108 Å². The van der Waals surface area contributed by atoms with Crippen LogP contribution in [0.4, 0.5) is 0 Å². The third-order valence-corrected chi connectivity index (χ3v) is 4.08. The molecule has 0 aliphatic heterocycles. The van der Waals surface area contributed by atoms with E-state index in [-0.39, 0.29) is 18.5 Å². The number of aromatic nitrogens is 4. The molecule has 6 nitrogen and oxygen atoms in total. The van der Waals surface area contributed by atoms with Crippen molar-refractivity contribution < 1.29 is 4.79 Å². The molecular weight excluding hydrogens is 250 g/mol. The number of fused-ring (bicyclic) bond motifs is 1. The van der Waals surface area contributed by atoms with E-state index in [0.29, 0.717) is 0 Å². The van der Waals surface area contributed by atoms with Crippen LogP contribution >= 0.6 is 11.3 Å². The van der Waals surface area contributed by atoms with Crippen molar-refractivity contribution in [3.05, 3.63) is 28.2 Å². The second-order valence-corrected chi connectivity index (χ2v) is 5.32. The van der Waals surface area contributed by atoms with E-state index in [1.807, 2.05) is 0 Å². The fourth-order valence-corrected chi connectivity index (χ4v) is 3.26. The third kappa shape index (κ3) is 2.26. The van der Waals surface area contributed by atoms with E-state index in [9.17, 15) is 4.79 Å². The van der Waals surface area contributed by atoms with Crippen LogP contribution < -0.4 is 5.32 Å². The molecule has 1 aliphatic rings. The number of nitrogens with one attached hydrogen (secondary N) is 1. The van der Waals surface area contributed by atoms with Crippen LogP contribution in [0.15, 0.2) is 17.8 Å². The van der Waals surface area contributed by atoms with Crippen LogP contribution in [-0.4, -0.2) is 26.1 Å². The lowest BCUT2D eigenvalue weighted by Gasteiger charge is -2.23. The van der Waals surface area contributed by atoms with Crippen molar-refractivity contribution in [3.63, 3.8) is 0 Å². The van der Waals surface area contributed by atoms with Gasteiger partial charge < -0.3 is 5.32 Å². The van der Waals surface area contributed by atoms with E-state index in [1.165, 1.54) is 21.4 Å². The molecule has 2 heterocycles. The van der Waals surface area contributed by atoms with Gasteiger partial charge in [0.15, 0.2) is 0 Å². The van der Waals surface area contributed by atoms with Crippen LogP contribution in [-0.2, 0) is 17.8 Å². The summed E-state index contributed by atoms with van der Waals surface area (Å²) in [5.74, 6) is -0.0497. The summed E-state index contributed by atoms with van der Waals surface area (Å²) in [6.07, 6.45) is 4.71. The summed E-state index contributed by atoms with van der Waals surface area (Å²) in [6, 6.07) is 2.25. The lowest BCUT2D eigenvalue weighted by Crippen LogP contribution is -2.33. The highest BCUT2D eigenvalue weighted by atomic mass is 32.1. The maximum atomic E-state index is 11.9. The molecule has 1 aliphatic carbocycles. The molecule has 0 aromatic carbocycles. The van der Waals surface area contributed by atoms with Crippen molar-refractivity contribution in [2.75, 3.05) is 0 Å². The van der Waals surface area contributed by atoms with Crippen molar-refractivity contribution in [3.8, 4) is 0 Å². The molecule has 0 saturated carbocycles. The van der Waals surface area contributed by atoms with Crippen LogP contribution in [0, 0.1) is 0 Å². The minimum atomic E-state index is -0.0497. The largest absolute Gasteiger partial charge is 0.348 e. The van der Waals surface area contributed by atoms with Crippen molar-refractivity contribution >= 4 is 17.2 Å². The van der Waals surface area contributed by atoms with E-state index in [4.69, 9.17) is 0 Å². The average Bonchev–Trinajstić information content (AvgIpc) is 2.99. The minimum absolute atomic E-state index is 0.0497. The van der Waals surface area contributed by atoms with Crippen molar-refractivity contribution in [1.29, 1.82) is 0 Å². The van der Waals surface area contributed by atoms with Crippen LogP contribution in [0.25, 0.3) is 0 Å². The Morgan fingerprint density at radius 3 is 3.39 bits per heavy atom. The zero-order valence-electron chi connectivity index (χ0n) is 9.74. The molecule has 7 heteroatoms. The minimum Gasteiger partial charge on any atom is -0.348 e. The van der Waals surface area contributed by atoms with E-state index in [2.05, 4.69) is 32.3 Å². The number of hydrogen-bond acceptors (Lipinski definition) is 5.